The Labute approximate surface area is 474 Å². The van der Waals surface area contributed by atoms with Crippen LogP contribution in [0.3, 0.4) is 0 Å². The molecule has 8 N–H and O–H groups in total. The summed E-state index contributed by atoms with van der Waals surface area (Å²) >= 11 is 0. The number of rotatable bonds is 15. The van der Waals surface area contributed by atoms with Crippen LogP contribution < -0.4 is 134 Å². The number of carbonyl (C=O) groups excluding carboxylic acids is 1. The maximum Gasteiger partial charge on any atom is 1.00 e. The van der Waals surface area contributed by atoms with E-state index in [1.807, 2.05) is 0 Å². The molecule has 5 aromatic carbocycles. The summed E-state index contributed by atoms with van der Waals surface area (Å²) in [5.74, 6) is -3.69. The van der Waals surface area contributed by atoms with Gasteiger partial charge in [0, 0.05) is 39.4 Å². The van der Waals surface area contributed by atoms with Crippen LogP contribution in [0, 0.1) is 6.08 Å². The summed E-state index contributed by atoms with van der Waals surface area (Å²) in [6.45, 7) is 2.92. The van der Waals surface area contributed by atoms with Crippen LogP contribution in [0.25, 0.3) is 21.5 Å². The minimum Gasteiger partial charge on any atom is -0.505 e. The van der Waals surface area contributed by atoms with Gasteiger partial charge in [0.25, 0.3) is 46.4 Å². The van der Waals surface area contributed by atoms with E-state index < -0.39 is 144 Å². The van der Waals surface area contributed by atoms with Crippen molar-refractivity contribution < 1.29 is 193 Å². The van der Waals surface area contributed by atoms with Crippen molar-refractivity contribution in [3.05, 3.63) is 96.4 Å². The average molecular weight is 1070 g/mol. The number of amides is 1. The van der Waals surface area contributed by atoms with Crippen LogP contribution in [-0.2, 0) is 50.3 Å². The monoisotopic (exact) mass is 1070 g/mol. The summed E-state index contributed by atoms with van der Waals surface area (Å²) in [7, 11) is -24.6. The number of halogens is 1. The predicted octanol–water partition coefficient (Wildman–Crippen LogP) is -7.78. The van der Waals surface area contributed by atoms with Crippen LogP contribution in [0.2, 0.25) is 0 Å². The molecule has 6 rings (SSSR count). The molecule has 24 nitrogen and oxygen atoms in total. The Morgan fingerprint density at radius 2 is 1.31 bits per heavy atom. The fourth-order valence-corrected chi connectivity index (χ4v) is 9.20. The normalized spacial score (nSPS) is 12.0. The first-order chi connectivity index (χ1) is 29.7. The van der Waals surface area contributed by atoms with E-state index in [1.165, 1.54) is 24.3 Å². The molecule has 336 valence electrons. The van der Waals surface area contributed by atoms with Gasteiger partial charge >= 0.3 is 124 Å². The first-order valence-corrected chi connectivity index (χ1v) is 24.5. The van der Waals surface area contributed by atoms with Gasteiger partial charge in [-0.3, -0.25) is 23.0 Å². The van der Waals surface area contributed by atoms with Crippen LogP contribution in [0.15, 0.2) is 115 Å². The van der Waals surface area contributed by atoms with Crippen LogP contribution in [0.4, 0.5) is 39.0 Å². The van der Waals surface area contributed by atoms with Crippen molar-refractivity contribution in [1.29, 1.82) is 0 Å². The number of hydrogen-bond donors (Lipinski definition) is 8. The topological polar surface area (TPSA) is 388 Å². The molecule has 0 bridgehead atoms. The minimum atomic E-state index is -5.48. The smallest absolute Gasteiger partial charge is 0.505 e. The molecule has 0 atom stereocenters. The molecule has 0 unspecified atom stereocenters. The Bertz CT molecular complexity index is 3600. The van der Waals surface area contributed by atoms with E-state index in [9.17, 15) is 74.6 Å². The molecule has 0 saturated carbocycles. The van der Waals surface area contributed by atoms with Gasteiger partial charge in [-0.05, 0) is 53.9 Å². The van der Waals surface area contributed by atoms with E-state index in [1.54, 1.807) is 0 Å². The Kier molecular flexibility index (Phi) is 21.4. The Hall–Kier alpha value is -2.64. The second-order valence-electron chi connectivity index (χ2n) is 12.9. The standard InChI is InChI=1S/C34H27FN8O16S5.4Na/c1-2-60(46,47)12-11-36-31(45)17-5-3-6-19(13-17)37-33-39-32(35)40-34(41-33)38-24-16-20(61(48,49)50)14-18-15-26(63(54,55)56)28(29(44)27(18)24)43-42-23-10-9-21-22(30(23)64(57,58)59)7-4-8-25(21)62(51,52)53;;;;/h2-10,13-16,44H,1,11-12H2,(H,36,45)(H,48,49,50)(H,51,52,53)(H,54,55,56)(H,57,58,59)(H2,37,38,39,40,41);;;;/q;4*+1. The van der Waals surface area contributed by atoms with Crippen LogP contribution >= 0.6 is 0 Å². The van der Waals surface area contributed by atoms with Gasteiger partial charge in [-0.15, -0.1) is 10.2 Å². The van der Waals surface area contributed by atoms with Crippen molar-refractivity contribution in [2.75, 3.05) is 22.9 Å². The Morgan fingerprint density at radius 3 is 1.90 bits per heavy atom. The molecule has 6 aromatic rings. The summed E-state index contributed by atoms with van der Waals surface area (Å²) < 4.78 is 177. The maximum absolute atomic E-state index is 14.9. The number of nitrogens with zero attached hydrogens (tertiary/aromatic N) is 5. The zero-order valence-electron chi connectivity index (χ0n) is 35.5. The number of hydrogen-bond acceptors (Lipinski definition) is 19. The zero-order chi connectivity index (χ0) is 47.2. The Balaban J connectivity index is 0.00000397. The summed E-state index contributed by atoms with van der Waals surface area (Å²) in [6, 6.07) is 11.9. The van der Waals surface area contributed by atoms with E-state index in [0.717, 1.165) is 35.7 Å². The third kappa shape index (κ3) is 14.7. The summed E-state index contributed by atoms with van der Waals surface area (Å²) in [6.07, 6.45) is -1.48. The molecule has 0 fully saturated rings. The first kappa shape index (κ1) is 61.5. The van der Waals surface area contributed by atoms with E-state index >= 15 is 0 Å². The van der Waals surface area contributed by atoms with Crippen molar-refractivity contribution in [3.63, 3.8) is 0 Å². The summed E-state index contributed by atoms with van der Waals surface area (Å²) in [5.41, 5.74) is -2.52. The number of azo groups is 1. The number of aromatic nitrogens is 3. The van der Waals surface area contributed by atoms with Crippen LogP contribution in [0.1, 0.15) is 10.4 Å². The van der Waals surface area contributed by atoms with Crippen LogP contribution in [0.5, 0.6) is 5.75 Å². The van der Waals surface area contributed by atoms with Gasteiger partial charge in [0.15, 0.2) is 15.6 Å². The summed E-state index contributed by atoms with van der Waals surface area (Å²) in [4.78, 5) is 19.5. The van der Waals surface area contributed by atoms with Gasteiger partial charge in [0.1, 0.15) is 26.1 Å². The number of nitrogens with one attached hydrogen (secondary N) is 3. The summed E-state index contributed by atoms with van der Waals surface area (Å²) in [5, 5.41) is 24.9. The fourth-order valence-electron chi connectivity index (χ4n) is 5.91. The quantitative estimate of drug-likeness (QED) is 0.0269. The molecule has 1 aromatic heterocycles. The molecule has 0 aliphatic carbocycles. The second-order valence-corrected chi connectivity index (χ2v) is 20.5. The molecule has 68 heavy (non-hydrogen) atoms. The molecule has 0 radical (unpaired) electrons. The Morgan fingerprint density at radius 1 is 0.691 bits per heavy atom. The number of anilines is 4. The third-order valence-electron chi connectivity index (χ3n) is 8.61. The predicted molar refractivity (Wildman–Crippen MR) is 222 cm³/mol. The number of benzene rings is 5. The van der Waals surface area contributed by atoms with Crippen LogP contribution in [-0.4, -0.2) is 98.6 Å². The largest absolute Gasteiger partial charge is 1.00 e. The number of phenolic OH excluding ortho intramolecular Hbond substituents is 1. The number of carbonyl (C=O) groups is 1. The van der Waals surface area contributed by atoms with Crippen molar-refractivity contribution in [3.8, 4) is 5.75 Å². The zero-order valence-corrected chi connectivity index (χ0v) is 47.6. The molecule has 0 aliphatic rings. The van der Waals surface area contributed by atoms with Crippen molar-refractivity contribution in [2.45, 2.75) is 19.6 Å². The van der Waals surface area contributed by atoms with E-state index in [4.69, 9.17) is 0 Å². The van der Waals surface area contributed by atoms with E-state index in [-0.39, 0.29) is 136 Å². The molecule has 0 saturated heterocycles. The average Bonchev–Trinajstić information content (AvgIpc) is 3.18. The van der Waals surface area contributed by atoms with Gasteiger partial charge in [0.05, 0.1) is 16.3 Å². The van der Waals surface area contributed by atoms with Crippen molar-refractivity contribution >= 4 is 112 Å². The van der Waals surface area contributed by atoms with Gasteiger partial charge in [-0.25, -0.2) is 8.42 Å². The number of aromatic hydroxyl groups is 1. The SMILES string of the molecule is C=CS(=O)(=O)CCNC(=O)c1cccc(Nc2nc(F)nc(Nc3cc(S(=O)(=O)O)cc4cc(S(=O)(=O)O)c(N=Nc5ccc6c(S(=O)(=O)O)cccc6c5S(=O)(=O)O)c(O)c34)n2)c1.[Na+].[Na+].[Na+].[Na+]. The maximum atomic E-state index is 14.9. The number of sulfone groups is 1. The third-order valence-corrected chi connectivity index (χ3v) is 13.4. The van der Waals surface area contributed by atoms with E-state index in [2.05, 4.69) is 47.7 Å². The minimum absolute atomic E-state index is 0. The molecule has 34 heteroatoms. The molecule has 1 heterocycles. The molecule has 0 spiro atoms. The van der Waals surface area contributed by atoms with Gasteiger partial charge < -0.3 is 21.1 Å². The number of phenols is 1. The van der Waals surface area contributed by atoms with Crippen molar-refractivity contribution in [2.24, 2.45) is 10.2 Å². The molecule has 1 amide bonds. The van der Waals surface area contributed by atoms with E-state index in [0.29, 0.717) is 18.2 Å². The molecular weight excluding hydrogens is 1050 g/mol. The van der Waals surface area contributed by atoms with Gasteiger partial charge in [0.2, 0.25) is 11.9 Å². The second kappa shape index (κ2) is 23.7. The number of fused-ring (bicyclic) bond motifs is 2. The molecule has 0 aliphatic heterocycles. The molecular formula is C34H27FN8Na4O16S5+4. The fraction of sp³-hybridized carbons (Fsp3) is 0.0588. The van der Waals surface area contributed by atoms with Crippen molar-refractivity contribution in [1.82, 2.24) is 20.3 Å². The van der Waals surface area contributed by atoms with Gasteiger partial charge in [-0.1, -0.05) is 30.8 Å². The van der Waals surface area contributed by atoms with Gasteiger partial charge in [-0.2, -0.15) is 53.0 Å². The first-order valence-electron chi connectivity index (χ1n) is 17.1.